The van der Waals surface area contributed by atoms with Crippen molar-refractivity contribution in [3.63, 3.8) is 0 Å². The Bertz CT molecular complexity index is 702. The third-order valence-electron chi connectivity index (χ3n) is 4.19. The van der Waals surface area contributed by atoms with E-state index in [2.05, 4.69) is 39.0 Å². The normalized spacial score (nSPS) is 10.5. The lowest BCUT2D eigenvalue weighted by atomic mass is 9.89. The van der Waals surface area contributed by atoms with Gasteiger partial charge in [0.15, 0.2) is 0 Å². The molecule has 0 bridgehead atoms. The molecule has 0 saturated heterocycles. The van der Waals surface area contributed by atoms with Gasteiger partial charge in [0.2, 0.25) is 0 Å². The molecule has 0 aliphatic carbocycles. The molecular weight excluding hydrogens is 276 g/mol. The molecular formula is C19H22O3. The second-order valence-corrected chi connectivity index (χ2v) is 5.39. The Hall–Kier alpha value is -2.29. The molecule has 0 radical (unpaired) electrons. The van der Waals surface area contributed by atoms with Gasteiger partial charge in [-0.3, -0.25) is 0 Å². The zero-order valence-electron chi connectivity index (χ0n) is 13.6. The summed E-state index contributed by atoms with van der Waals surface area (Å²) in [5.41, 5.74) is 7.01. The van der Waals surface area contributed by atoms with Crippen LogP contribution in [0.5, 0.6) is 5.75 Å². The van der Waals surface area contributed by atoms with Crippen LogP contribution in [0.1, 0.15) is 36.1 Å². The summed E-state index contributed by atoms with van der Waals surface area (Å²) in [4.78, 5) is 10.9. The minimum atomic E-state index is -1.27. The number of rotatable bonds is 4. The fourth-order valence-electron chi connectivity index (χ4n) is 2.95. The fourth-order valence-corrected chi connectivity index (χ4v) is 2.95. The molecule has 0 saturated carbocycles. The molecule has 3 nitrogen and oxygen atoms in total. The van der Waals surface area contributed by atoms with Crippen LogP contribution >= 0.6 is 0 Å². The maximum atomic E-state index is 10.9. The zero-order valence-corrected chi connectivity index (χ0v) is 13.6. The van der Waals surface area contributed by atoms with Crippen LogP contribution in [0.4, 0.5) is 4.79 Å². The first-order chi connectivity index (χ1) is 10.5. The minimum absolute atomic E-state index is 0.445. The van der Waals surface area contributed by atoms with Crippen molar-refractivity contribution in [3.8, 4) is 16.9 Å². The Balaban J connectivity index is 2.67. The standard InChI is InChI=1S/C19H22O3/c1-5-14-15(6-2)18(22-19(20)21)11-10-17(14)16-9-7-8-12(3)13(16)4/h7-11H,5-6H2,1-4H3,(H,20,21). The van der Waals surface area contributed by atoms with E-state index in [1.807, 2.05) is 13.0 Å². The molecule has 22 heavy (non-hydrogen) atoms. The van der Waals surface area contributed by atoms with E-state index in [1.165, 1.54) is 22.3 Å². The molecule has 3 heteroatoms. The summed E-state index contributed by atoms with van der Waals surface area (Å²) in [5.74, 6) is 0.445. The number of hydrogen-bond donors (Lipinski definition) is 1. The Kier molecular flexibility index (Phi) is 4.86. The molecule has 0 atom stereocenters. The number of carboxylic acid groups (broad SMARTS) is 1. The van der Waals surface area contributed by atoms with E-state index in [4.69, 9.17) is 9.84 Å². The molecule has 2 rings (SSSR count). The molecule has 1 N–H and O–H groups in total. The average Bonchev–Trinajstić information content (AvgIpc) is 2.49. The summed E-state index contributed by atoms with van der Waals surface area (Å²) < 4.78 is 4.94. The van der Waals surface area contributed by atoms with Gasteiger partial charge in [-0.05, 0) is 66.1 Å². The van der Waals surface area contributed by atoms with E-state index >= 15 is 0 Å². The van der Waals surface area contributed by atoms with E-state index in [0.717, 1.165) is 24.0 Å². The fraction of sp³-hybridized carbons (Fsp3) is 0.316. The van der Waals surface area contributed by atoms with Gasteiger partial charge in [-0.1, -0.05) is 38.1 Å². The van der Waals surface area contributed by atoms with Gasteiger partial charge in [-0.15, -0.1) is 0 Å². The summed E-state index contributed by atoms with van der Waals surface area (Å²) in [6.45, 7) is 8.34. The lowest BCUT2D eigenvalue weighted by Crippen LogP contribution is -2.07. The predicted octanol–water partition coefficient (Wildman–Crippen LogP) is 5.15. The summed E-state index contributed by atoms with van der Waals surface area (Å²) in [5, 5.41) is 8.90. The van der Waals surface area contributed by atoms with Crippen molar-refractivity contribution in [1.29, 1.82) is 0 Å². The van der Waals surface area contributed by atoms with Crippen molar-refractivity contribution in [3.05, 3.63) is 52.6 Å². The predicted molar refractivity (Wildman–Crippen MR) is 88.8 cm³/mol. The number of carbonyl (C=O) groups is 1. The quantitative estimate of drug-likeness (QED) is 0.627. The number of hydrogen-bond acceptors (Lipinski definition) is 2. The van der Waals surface area contributed by atoms with Crippen molar-refractivity contribution in [1.82, 2.24) is 0 Å². The van der Waals surface area contributed by atoms with Gasteiger partial charge in [0.1, 0.15) is 5.75 Å². The molecule has 0 aliphatic heterocycles. The summed E-state index contributed by atoms with van der Waals surface area (Å²) in [6.07, 6.45) is 0.309. The van der Waals surface area contributed by atoms with Crippen molar-refractivity contribution < 1.29 is 14.6 Å². The Morgan fingerprint density at radius 1 is 1.00 bits per heavy atom. The highest BCUT2D eigenvalue weighted by Crippen LogP contribution is 2.35. The van der Waals surface area contributed by atoms with Crippen LogP contribution in [0.25, 0.3) is 11.1 Å². The Labute approximate surface area is 131 Å². The summed E-state index contributed by atoms with van der Waals surface area (Å²) in [6, 6.07) is 10.0. The largest absolute Gasteiger partial charge is 0.511 e. The highest BCUT2D eigenvalue weighted by atomic mass is 16.7. The van der Waals surface area contributed by atoms with E-state index in [9.17, 15) is 4.79 Å². The zero-order chi connectivity index (χ0) is 16.3. The Morgan fingerprint density at radius 2 is 1.68 bits per heavy atom. The van der Waals surface area contributed by atoms with Crippen LogP contribution in [0.15, 0.2) is 30.3 Å². The van der Waals surface area contributed by atoms with Crippen molar-refractivity contribution in [2.45, 2.75) is 40.5 Å². The lowest BCUT2D eigenvalue weighted by molar-refractivity contribution is 0.144. The smallest absolute Gasteiger partial charge is 0.449 e. The highest BCUT2D eigenvalue weighted by Gasteiger charge is 2.16. The average molecular weight is 298 g/mol. The maximum Gasteiger partial charge on any atom is 0.511 e. The van der Waals surface area contributed by atoms with E-state index in [0.29, 0.717) is 5.75 Å². The maximum absolute atomic E-state index is 10.9. The van der Waals surface area contributed by atoms with Gasteiger partial charge in [0.05, 0.1) is 0 Å². The minimum Gasteiger partial charge on any atom is -0.449 e. The molecule has 2 aromatic carbocycles. The van der Waals surface area contributed by atoms with Gasteiger partial charge >= 0.3 is 6.16 Å². The summed E-state index contributed by atoms with van der Waals surface area (Å²) >= 11 is 0. The first kappa shape index (κ1) is 16.1. The SMILES string of the molecule is CCc1c(OC(=O)O)ccc(-c2cccc(C)c2C)c1CC. The van der Waals surface area contributed by atoms with E-state index in [-0.39, 0.29) is 0 Å². The topological polar surface area (TPSA) is 46.5 Å². The third kappa shape index (κ3) is 2.98. The first-order valence-corrected chi connectivity index (χ1v) is 7.61. The van der Waals surface area contributed by atoms with Gasteiger partial charge < -0.3 is 9.84 Å². The second kappa shape index (κ2) is 6.65. The monoisotopic (exact) mass is 298 g/mol. The number of ether oxygens (including phenoxy) is 1. The summed E-state index contributed by atoms with van der Waals surface area (Å²) in [7, 11) is 0. The highest BCUT2D eigenvalue weighted by molar-refractivity contribution is 5.75. The molecule has 116 valence electrons. The second-order valence-electron chi connectivity index (χ2n) is 5.39. The first-order valence-electron chi connectivity index (χ1n) is 7.61. The van der Waals surface area contributed by atoms with Crippen molar-refractivity contribution in [2.24, 2.45) is 0 Å². The van der Waals surface area contributed by atoms with Gasteiger partial charge in [-0.25, -0.2) is 4.79 Å². The van der Waals surface area contributed by atoms with Crippen LogP contribution in [0, 0.1) is 13.8 Å². The van der Waals surface area contributed by atoms with E-state index < -0.39 is 6.16 Å². The van der Waals surface area contributed by atoms with E-state index in [1.54, 1.807) is 6.07 Å². The van der Waals surface area contributed by atoms with Crippen molar-refractivity contribution in [2.75, 3.05) is 0 Å². The Morgan fingerprint density at radius 3 is 2.27 bits per heavy atom. The molecule has 0 aliphatic rings. The van der Waals surface area contributed by atoms with Crippen LogP contribution in [0.3, 0.4) is 0 Å². The lowest BCUT2D eigenvalue weighted by Gasteiger charge is -2.18. The molecule has 0 heterocycles. The molecule has 0 spiro atoms. The molecule has 0 aromatic heterocycles. The van der Waals surface area contributed by atoms with Crippen LogP contribution in [-0.4, -0.2) is 11.3 Å². The van der Waals surface area contributed by atoms with Crippen LogP contribution < -0.4 is 4.74 Å². The van der Waals surface area contributed by atoms with Crippen LogP contribution in [0.2, 0.25) is 0 Å². The van der Waals surface area contributed by atoms with Crippen LogP contribution in [-0.2, 0) is 12.8 Å². The van der Waals surface area contributed by atoms with Gasteiger partial charge in [0.25, 0.3) is 0 Å². The molecule has 0 unspecified atom stereocenters. The molecule has 0 amide bonds. The van der Waals surface area contributed by atoms with Gasteiger partial charge in [0, 0.05) is 0 Å². The third-order valence-corrected chi connectivity index (χ3v) is 4.19. The number of benzene rings is 2. The number of aryl methyl sites for hydroxylation is 1. The molecule has 2 aromatic rings. The molecule has 0 fully saturated rings. The van der Waals surface area contributed by atoms with Gasteiger partial charge in [-0.2, -0.15) is 0 Å². The van der Waals surface area contributed by atoms with Crippen molar-refractivity contribution >= 4 is 6.16 Å².